The molecule has 0 saturated carbocycles. The van der Waals surface area contributed by atoms with Crippen LogP contribution in [0.25, 0.3) is 0 Å². The van der Waals surface area contributed by atoms with Crippen molar-refractivity contribution >= 4 is 23.5 Å². The van der Waals surface area contributed by atoms with E-state index in [1.54, 1.807) is 0 Å². The van der Waals surface area contributed by atoms with Crippen LogP contribution in [-0.2, 0) is 0 Å². The molecule has 0 aromatic heterocycles. The summed E-state index contributed by atoms with van der Waals surface area (Å²) in [6.07, 6.45) is 1.25. The Balaban J connectivity index is 0.000000145. The van der Waals surface area contributed by atoms with Crippen LogP contribution in [-0.4, -0.2) is 5.08 Å². The van der Waals surface area contributed by atoms with E-state index in [-0.39, 0.29) is 0 Å². The van der Waals surface area contributed by atoms with Gasteiger partial charge in [-0.1, -0.05) is 20.3 Å². The van der Waals surface area contributed by atoms with E-state index in [4.69, 9.17) is 0 Å². The Morgan fingerprint density at radius 1 is 1.25 bits per heavy atom. The van der Waals surface area contributed by atoms with E-state index in [0.717, 1.165) is 0 Å². The lowest BCUT2D eigenvalue weighted by Gasteiger charge is -1.69. The first-order chi connectivity index (χ1) is 3.91. The zero-order valence-corrected chi connectivity index (χ0v) is 7.02. The Kier molecular flexibility index (Phi) is 7.85. The van der Waals surface area contributed by atoms with Crippen LogP contribution < -0.4 is 0 Å². The molecule has 0 aliphatic carbocycles. The molecule has 0 nitrogen and oxygen atoms in total. The molecule has 0 atom stereocenters. The molecule has 0 aromatic carbocycles. The van der Waals surface area contributed by atoms with Crippen LogP contribution in [0.5, 0.6) is 0 Å². The van der Waals surface area contributed by atoms with Crippen LogP contribution in [0, 0.1) is 0 Å². The lowest BCUT2D eigenvalue weighted by atomic mass is 10.6. The van der Waals surface area contributed by atoms with Gasteiger partial charge in [-0.15, -0.1) is 23.5 Å². The van der Waals surface area contributed by atoms with Gasteiger partial charge in [0, 0.05) is 5.08 Å². The predicted octanol–water partition coefficient (Wildman–Crippen LogP) is 3.31. The Morgan fingerprint density at radius 2 is 1.62 bits per heavy atom. The Hall–Kier alpha value is 0.440. The van der Waals surface area contributed by atoms with Crippen LogP contribution in [0.15, 0.2) is 10.8 Å². The van der Waals surface area contributed by atoms with Gasteiger partial charge in [-0.25, -0.2) is 0 Å². The van der Waals surface area contributed by atoms with Crippen molar-refractivity contribution in [2.24, 2.45) is 0 Å². The molecule has 0 aromatic rings. The normalized spacial score (nSPS) is 15.2. The summed E-state index contributed by atoms with van der Waals surface area (Å²) in [6.45, 7) is 4.25. The molecule has 0 unspecified atom stereocenters. The zero-order valence-electron chi connectivity index (χ0n) is 5.39. The van der Waals surface area contributed by atoms with Gasteiger partial charge < -0.3 is 0 Å². The molecule has 2 heteroatoms. The molecular formula is C6H12S2. The highest BCUT2D eigenvalue weighted by molar-refractivity contribution is 8.21. The first kappa shape index (κ1) is 8.44. The fourth-order valence-electron chi connectivity index (χ4n) is 0.196. The predicted molar refractivity (Wildman–Crippen MR) is 45.2 cm³/mol. The third-order valence-electron chi connectivity index (χ3n) is 0.384. The molecule has 0 spiro atoms. The highest BCUT2D eigenvalue weighted by Crippen LogP contribution is 2.22. The fraction of sp³-hybridized carbons (Fsp3) is 0.667. The summed E-state index contributed by atoms with van der Waals surface area (Å²) in [6, 6.07) is 0. The van der Waals surface area contributed by atoms with E-state index in [2.05, 4.69) is 24.7 Å². The molecule has 8 heavy (non-hydrogen) atoms. The van der Waals surface area contributed by atoms with Gasteiger partial charge in [-0.3, -0.25) is 0 Å². The second-order valence-electron chi connectivity index (χ2n) is 1.43. The van der Waals surface area contributed by atoms with Gasteiger partial charge >= 0.3 is 0 Å². The molecule has 1 aliphatic heterocycles. The van der Waals surface area contributed by atoms with Crippen molar-refractivity contribution < 1.29 is 0 Å². The minimum Gasteiger partial charge on any atom is -0.122 e. The van der Waals surface area contributed by atoms with Crippen molar-refractivity contribution in [1.82, 2.24) is 0 Å². The molecule has 1 aliphatic rings. The molecular weight excluding hydrogens is 136 g/mol. The minimum absolute atomic E-state index is 1.22. The molecule has 1 heterocycles. The van der Waals surface area contributed by atoms with Crippen LogP contribution in [0.1, 0.15) is 20.3 Å². The molecule has 0 fully saturated rings. The topological polar surface area (TPSA) is 0 Å². The average molecular weight is 148 g/mol. The second kappa shape index (κ2) is 7.44. The standard InChI is InChI=1S/C3H4S2.C3H8/c1-2-5-3-4-1;1-3-2/h1-2H,3H2;3H2,1-2H3. The quantitative estimate of drug-likeness (QED) is 0.517. The average Bonchev–Trinajstić information content (AvgIpc) is 2.17. The highest BCUT2D eigenvalue weighted by atomic mass is 32.2. The zero-order chi connectivity index (χ0) is 6.24. The second-order valence-corrected chi connectivity index (χ2v) is 3.58. The highest BCUT2D eigenvalue weighted by Gasteiger charge is 1.85. The summed E-state index contributed by atoms with van der Waals surface area (Å²) in [5.74, 6) is 0. The van der Waals surface area contributed by atoms with Crippen LogP contribution in [0.2, 0.25) is 0 Å². The molecule has 0 radical (unpaired) electrons. The van der Waals surface area contributed by atoms with Gasteiger partial charge in [-0.05, 0) is 10.8 Å². The first-order valence-corrected chi connectivity index (χ1v) is 4.89. The van der Waals surface area contributed by atoms with E-state index >= 15 is 0 Å². The van der Waals surface area contributed by atoms with E-state index in [0.29, 0.717) is 0 Å². The van der Waals surface area contributed by atoms with Gasteiger partial charge in [0.2, 0.25) is 0 Å². The lowest BCUT2D eigenvalue weighted by molar-refractivity contribution is 1.09. The smallest absolute Gasteiger partial charge is 0.0475 e. The van der Waals surface area contributed by atoms with Crippen LogP contribution >= 0.6 is 23.5 Å². The van der Waals surface area contributed by atoms with E-state index in [9.17, 15) is 0 Å². The molecule has 0 saturated heterocycles. The molecule has 0 N–H and O–H groups in total. The van der Waals surface area contributed by atoms with Crippen molar-refractivity contribution in [3.8, 4) is 0 Å². The van der Waals surface area contributed by atoms with Crippen LogP contribution in [0.3, 0.4) is 0 Å². The maximum absolute atomic E-state index is 2.12. The van der Waals surface area contributed by atoms with Gasteiger partial charge in [0.15, 0.2) is 0 Å². The SMILES string of the molecule is C1=CSCS1.CCC. The van der Waals surface area contributed by atoms with Crippen molar-refractivity contribution in [3.05, 3.63) is 10.8 Å². The van der Waals surface area contributed by atoms with Crippen molar-refractivity contribution in [1.29, 1.82) is 0 Å². The fourth-order valence-corrected chi connectivity index (χ4v) is 1.77. The Labute approximate surface area is 60.1 Å². The maximum Gasteiger partial charge on any atom is 0.0475 e. The minimum atomic E-state index is 1.22. The number of thioether (sulfide) groups is 2. The third-order valence-corrected chi connectivity index (χ3v) is 2.30. The van der Waals surface area contributed by atoms with Crippen LogP contribution in [0.4, 0.5) is 0 Å². The summed E-state index contributed by atoms with van der Waals surface area (Å²) < 4.78 is 0. The van der Waals surface area contributed by atoms with Gasteiger partial charge in [0.1, 0.15) is 0 Å². The largest absolute Gasteiger partial charge is 0.122 e. The summed E-state index contributed by atoms with van der Waals surface area (Å²) in [5.41, 5.74) is 0. The third kappa shape index (κ3) is 6.44. The summed E-state index contributed by atoms with van der Waals surface area (Å²) in [5, 5.41) is 5.45. The number of hydrogen-bond donors (Lipinski definition) is 0. The van der Waals surface area contributed by atoms with Crippen molar-refractivity contribution in [3.63, 3.8) is 0 Å². The Bertz CT molecular complexity index is 53.5. The Morgan fingerprint density at radius 3 is 1.75 bits per heavy atom. The van der Waals surface area contributed by atoms with Gasteiger partial charge in [0.25, 0.3) is 0 Å². The lowest BCUT2D eigenvalue weighted by Crippen LogP contribution is -1.42. The molecule has 0 amide bonds. The van der Waals surface area contributed by atoms with Crippen molar-refractivity contribution in [2.75, 3.05) is 5.08 Å². The first-order valence-electron chi connectivity index (χ1n) is 2.80. The summed E-state index contributed by atoms with van der Waals surface area (Å²) in [4.78, 5) is 0. The summed E-state index contributed by atoms with van der Waals surface area (Å²) in [7, 11) is 0. The van der Waals surface area contributed by atoms with Gasteiger partial charge in [-0.2, -0.15) is 0 Å². The summed E-state index contributed by atoms with van der Waals surface area (Å²) >= 11 is 3.71. The van der Waals surface area contributed by atoms with Crippen molar-refractivity contribution in [2.45, 2.75) is 20.3 Å². The van der Waals surface area contributed by atoms with E-state index in [1.807, 2.05) is 23.5 Å². The maximum atomic E-state index is 2.12. The molecule has 0 bridgehead atoms. The van der Waals surface area contributed by atoms with E-state index < -0.39 is 0 Å². The molecule has 48 valence electrons. The number of hydrogen-bond acceptors (Lipinski definition) is 2. The van der Waals surface area contributed by atoms with Gasteiger partial charge in [0.05, 0.1) is 0 Å². The van der Waals surface area contributed by atoms with E-state index in [1.165, 1.54) is 11.5 Å². The monoisotopic (exact) mass is 148 g/mol. The number of rotatable bonds is 0. The molecule has 1 rings (SSSR count).